The second-order valence-corrected chi connectivity index (χ2v) is 4.94. The standard InChI is InChI=1S/C15H17N5O/c1-3-9(2)10-6-4-5-7-11(10)21-14-12-13(18-8-17-12)19-15(16)20-14/h4-9H,3H2,1-2H3,(H3,16,17,18,19,20). The summed E-state index contributed by atoms with van der Waals surface area (Å²) in [7, 11) is 0. The van der Waals surface area contributed by atoms with Gasteiger partial charge in [-0.25, -0.2) is 4.98 Å². The minimum Gasteiger partial charge on any atom is -0.437 e. The Kier molecular flexibility index (Phi) is 3.43. The Morgan fingerprint density at radius 2 is 2.10 bits per heavy atom. The Morgan fingerprint density at radius 3 is 2.90 bits per heavy atom. The Labute approximate surface area is 122 Å². The van der Waals surface area contributed by atoms with Gasteiger partial charge in [-0.3, -0.25) is 0 Å². The van der Waals surface area contributed by atoms with E-state index in [-0.39, 0.29) is 5.95 Å². The maximum atomic E-state index is 5.98. The highest BCUT2D eigenvalue weighted by atomic mass is 16.5. The molecule has 2 heterocycles. The number of nitrogen functional groups attached to an aromatic ring is 1. The summed E-state index contributed by atoms with van der Waals surface area (Å²) in [6.07, 6.45) is 2.58. The van der Waals surface area contributed by atoms with E-state index < -0.39 is 0 Å². The lowest BCUT2D eigenvalue weighted by Gasteiger charge is -2.15. The first-order valence-corrected chi connectivity index (χ1v) is 6.92. The Morgan fingerprint density at radius 1 is 1.29 bits per heavy atom. The van der Waals surface area contributed by atoms with E-state index in [1.807, 2.05) is 18.2 Å². The third kappa shape index (κ3) is 2.52. The summed E-state index contributed by atoms with van der Waals surface area (Å²) < 4.78 is 5.98. The van der Waals surface area contributed by atoms with Crippen molar-refractivity contribution < 1.29 is 4.74 Å². The SMILES string of the molecule is CCC(C)c1ccccc1Oc1nc(N)nc2nc[nH]c12. The number of aromatic amines is 1. The van der Waals surface area contributed by atoms with Crippen LogP contribution >= 0.6 is 0 Å². The molecule has 0 saturated carbocycles. The number of aromatic nitrogens is 4. The number of H-pyrrole nitrogens is 1. The van der Waals surface area contributed by atoms with Gasteiger partial charge < -0.3 is 15.5 Å². The second-order valence-electron chi connectivity index (χ2n) is 4.94. The molecule has 3 rings (SSSR count). The van der Waals surface area contributed by atoms with Crippen LogP contribution in [0.2, 0.25) is 0 Å². The van der Waals surface area contributed by atoms with Gasteiger partial charge in [-0.15, -0.1) is 0 Å². The van der Waals surface area contributed by atoms with Crippen LogP contribution in [-0.4, -0.2) is 19.9 Å². The van der Waals surface area contributed by atoms with Crippen LogP contribution in [0, 0.1) is 0 Å². The van der Waals surface area contributed by atoms with Gasteiger partial charge in [0.15, 0.2) is 5.65 Å². The van der Waals surface area contributed by atoms with E-state index >= 15 is 0 Å². The quantitative estimate of drug-likeness (QED) is 0.767. The lowest BCUT2D eigenvalue weighted by atomic mass is 9.98. The second kappa shape index (κ2) is 5.40. The molecule has 3 N–H and O–H groups in total. The zero-order chi connectivity index (χ0) is 14.8. The van der Waals surface area contributed by atoms with Crippen molar-refractivity contribution in [3.63, 3.8) is 0 Å². The molecule has 21 heavy (non-hydrogen) atoms. The summed E-state index contributed by atoms with van der Waals surface area (Å²) >= 11 is 0. The van der Waals surface area contributed by atoms with Crippen molar-refractivity contribution >= 4 is 17.1 Å². The summed E-state index contributed by atoms with van der Waals surface area (Å²) in [6, 6.07) is 7.95. The van der Waals surface area contributed by atoms with Crippen LogP contribution in [0.3, 0.4) is 0 Å². The highest BCUT2D eigenvalue weighted by molar-refractivity contribution is 5.77. The van der Waals surface area contributed by atoms with Crippen molar-refractivity contribution in [1.82, 2.24) is 19.9 Å². The molecule has 0 spiro atoms. The van der Waals surface area contributed by atoms with Gasteiger partial charge in [0.2, 0.25) is 5.95 Å². The van der Waals surface area contributed by atoms with Gasteiger partial charge in [-0.05, 0) is 24.0 Å². The number of hydrogen-bond donors (Lipinski definition) is 2. The van der Waals surface area contributed by atoms with Gasteiger partial charge in [0.25, 0.3) is 5.88 Å². The summed E-state index contributed by atoms with van der Waals surface area (Å²) in [5.41, 5.74) is 7.99. The van der Waals surface area contributed by atoms with Gasteiger partial charge in [0.05, 0.1) is 6.33 Å². The maximum absolute atomic E-state index is 5.98. The fraction of sp³-hybridized carbons (Fsp3) is 0.267. The number of rotatable bonds is 4. The van der Waals surface area contributed by atoms with Gasteiger partial charge in [-0.1, -0.05) is 32.0 Å². The highest BCUT2D eigenvalue weighted by Crippen LogP contribution is 2.33. The molecule has 6 nitrogen and oxygen atoms in total. The van der Waals surface area contributed by atoms with Gasteiger partial charge in [0.1, 0.15) is 11.3 Å². The number of anilines is 1. The fourth-order valence-corrected chi connectivity index (χ4v) is 2.20. The molecule has 3 aromatic rings. The first-order valence-electron chi connectivity index (χ1n) is 6.92. The highest BCUT2D eigenvalue weighted by Gasteiger charge is 2.14. The number of nitrogens with zero attached hydrogens (tertiary/aromatic N) is 3. The predicted octanol–water partition coefficient (Wildman–Crippen LogP) is 3.24. The van der Waals surface area contributed by atoms with E-state index in [1.54, 1.807) is 6.33 Å². The van der Waals surface area contributed by atoms with Crippen molar-refractivity contribution in [1.29, 1.82) is 0 Å². The molecule has 0 aliphatic heterocycles. The van der Waals surface area contributed by atoms with E-state index in [0.717, 1.165) is 17.7 Å². The molecule has 0 aliphatic carbocycles. The van der Waals surface area contributed by atoms with Crippen molar-refractivity contribution in [2.24, 2.45) is 0 Å². The lowest BCUT2D eigenvalue weighted by molar-refractivity contribution is 0.457. The van der Waals surface area contributed by atoms with E-state index in [9.17, 15) is 0 Å². The first-order chi connectivity index (χ1) is 10.2. The smallest absolute Gasteiger partial charge is 0.250 e. The molecule has 0 saturated heterocycles. The van der Waals surface area contributed by atoms with Crippen LogP contribution < -0.4 is 10.5 Å². The minimum absolute atomic E-state index is 0.144. The van der Waals surface area contributed by atoms with Crippen molar-refractivity contribution in [2.75, 3.05) is 5.73 Å². The molecule has 6 heteroatoms. The number of benzene rings is 1. The summed E-state index contributed by atoms with van der Waals surface area (Å²) in [5.74, 6) is 1.72. The fourth-order valence-electron chi connectivity index (χ4n) is 2.20. The minimum atomic E-state index is 0.144. The first kappa shape index (κ1) is 13.4. The summed E-state index contributed by atoms with van der Waals surface area (Å²) in [5, 5.41) is 0. The summed E-state index contributed by atoms with van der Waals surface area (Å²) in [4.78, 5) is 15.3. The number of nitrogens with two attached hydrogens (primary N) is 1. The zero-order valence-corrected chi connectivity index (χ0v) is 12.0. The predicted molar refractivity (Wildman–Crippen MR) is 81.3 cm³/mol. The average Bonchev–Trinajstić information content (AvgIpc) is 2.95. The van der Waals surface area contributed by atoms with Crippen LogP contribution in [0.5, 0.6) is 11.6 Å². The number of imidazole rings is 1. The van der Waals surface area contributed by atoms with E-state index in [4.69, 9.17) is 10.5 Å². The van der Waals surface area contributed by atoms with Crippen molar-refractivity contribution in [3.8, 4) is 11.6 Å². The molecular weight excluding hydrogens is 266 g/mol. The Hall–Kier alpha value is -2.63. The van der Waals surface area contributed by atoms with Gasteiger partial charge in [0, 0.05) is 0 Å². The number of nitrogens with one attached hydrogen (secondary N) is 1. The molecule has 0 aliphatic rings. The number of hydrogen-bond acceptors (Lipinski definition) is 5. The number of ether oxygens (including phenoxy) is 1. The molecule has 1 aromatic carbocycles. The molecule has 1 unspecified atom stereocenters. The number of fused-ring (bicyclic) bond motifs is 1. The van der Waals surface area contributed by atoms with Crippen LogP contribution in [0.25, 0.3) is 11.2 Å². The largest absolute Gasteiger partial charge is 0.437 e. The van der Waals surface area contributed by atoms with Crippen LogP contribution in [0.1, 0.15) is 31.7 Å². The molecule has 0 fully saturated rings. The number of para-hydroxylation sites is 1. The molecule has 108 valence electrons. The third-order valence-corrected chi connectivity index (χ3v) is 3.54. The zero-order valence-electron chi connectivity index (χ0n) is 12.0. The van der Waals surface area contributed by atoms with Crippen molar-refractivity contribution in [3.05, 3.63) is 36.2 Å². The maximum Gasteiger partial charge on any atom is 0.250 e. The normalized spacial score (nSPS) is 12.5. The van der Waals surface area contributed by atoms with E-state index in [1.165, 1.54) is 0 Å². The van der Waals surface area contributed by atoms with Crippen LogP contribution in [0.4, 0.5) is 5.95 Å². The van der Waals surface area contributed by atoms with Gasteiger partial charge in [-0.2, -0.15) is 9.97 Å². The monoisotopic (exact) mass is 283 g/mol. The molecule has 1 atom stereocenters. The molecule has 0 amide bonds. The van der Waals surface area contributed by atoms with Crippen LogP contribution in [-0.2, 0) is 0 Å². The van der Waals surface area contributed by atoms with E-state index in [0.29, 0.717) is 23.0 Å². The topological polar surface area (TPSA) is 89.7 Å². The van der Waals surface area contributed by atoms with E-state index in [2.05, 4.69) is 39.8 Å². The lowest BCUT2D eigenvalue weighted by Crippen LogP contribution is -2.01. The Bertz CT molecular complexity index is 768. The Balaban J connectivity index is 2.05. The van der Waals surface area contributed by atoms with Crippen LogP contribution in [0.15, 0.2) is 30.6 Å². The average molecular weight is 283 g/mol. The molecular formula is C15H17N5O. The summed E-state index contributed by atoms with van der Waals surface area (Å²) in [6.45, 7) is 4.32. The molecule has 0 radical (unpaired) electrons. The molecule has 0 bridgehead atoms. The third-order valence-electron chi connectivity index (χ3n) is 3.54. The molecule has 2 aromatic heterocycles. The van der Waals surface area contributed by atoms with Crippen molar-refractivity contribution in [2.45, 2.75) is 26.2 Å². The van der Waals surface area contributed by atoms with Gasteiger partial charge >= 0.3 is 0 Å².